The number of quaternary nitrogens is 1. The van der Waals surface area contributed by atoms with Gasteiger partial charge in [-0.3, -0.25) is 4.48 Å². The van der Waals surface area contributed by atoms with Gasteiger partial charge in [-0.15, -0.1) is 0 Å². The maximum absolute atomic E-state index is 6.00. The van der Waals surface area contributed by atoms with Crippen molar-refractivity contribution in [3.8, 4) is 0 Å². The van der Waals surface area contributed by atoms with Crippen LogP contribution in [0.25, 0.3) is 0 Å². The van der Waals surface area contributed by atoms with Gasteiger partial charge in [0.25, 0.3) is 0 Å². The largest absolute Gasteiger partial charge is 0.486 e. The van der Waals surface area contributed by atoms with Crippen LogP contribution in [0.5, 0.6) is 0 Å². The van der Waals surface area contributed by atoms with Crippen molar-refractivity contribution >= 4 is 0 Å². The molecule has 0 aliphatic carbocycles. The zero-order chi connectivity index (χ0) is 14.9. The van der Waals surface area contributed by atoms with Gasteiger partial charge in [0.2, 0.25) is 5.82 Å². The molecule has 0 aromatic rings. The lowest BCUT2D eigenvalue weighted by atomic mass is 10.3. The van der Waals surface area contributed by atoms with Gasteiger partial charge >= 0.3 is 0 Å². The highest BCUT2D eigenvalue weighted by Gasteiger charge is 2.27. The van der Waals surface area contributed by atoms with Crippen LogP contribution in [0.4, 0.5) is 0 Å². The second-order valence-corrected chi connectivity index (χ2v) is 4.89. The lowest BCUT2D eigenvalue weighted by molar-refractivity contribution is -0.823. The van der Waals surface area contributed by atoms with Crippen molar-refractivity contribution in [1.29, 1.82) is 0 Å². The highest BCUT2D eigenvalue weighted by atomic mass is 16.5. The van der Waals surface area contributed by atoms with E-state index in [1.165, 1.54) is 0 Å². The highest BCUT2D eigenvalue weighted by molar-refractivity contribution is 4.99. The van der Waals surface area contributed by atoms with Crippen LogP contribution in [-0.4, -0.2) is 37.3 Å². The molecular formula is C15H32N3O+. The molecule has 0 fully saturated rings. The molecule has 112 valence electrons. The minimum Gasteiger partial charge on any atom is -0.486 e. The molecule has 4 nitrogen and oxygen atoms in total. The third-order valence-electron chi connectivity index (χ3n) is 3.39. The Morgan fingerprint density at radius 2 is 2.00 bits per heavy atom. The molecule has 4 heteroatoms. The molecular weight excluding hydrogens is 238 g/mol. The molecule has 0 aliphatic rings. The summed E-state index contributed by atoms with van der Waals surface area (Å²) in [5.41, 5.74) is 5.72. The molecule has 0 rings (SSSR count). The van der Waals surface area contributed by atoms with E-state index in [0.29, 0.717) is 11.0 Å². The quantitative estimate of drug-likeness (QED) is 0.500. The van der Waals surface area contributed by atoms with Gasteiger partial charge in [0.15, 0.2) is 5.76 Å². The Bertz CT molecular complexity index is 309. The standard InChI is InChI=1S/C15H32N3O/c1-7-11-18(6,10-4)15(17-9-3)13(5)19-14(8-2)12-16/h7,11,14,17H,8-10,12,16H2,1-6H3/q+1/b11-7+,15-13+. The van der Waals surface area contributed by atoms with Crippen LogP contribution in [0.3, 0.4) is 0 Å². The van der Waals surface area contributed by atoms with E-state index in [0.717, 1.165) is 31.1 Å². The maximum atomic E-state index is 6.00. The number of ether oxygens (including phenoxy) is 1. The lowest BCUT2D eigenvalue weighted by Crippen LogP contribution is -2.44. The number of hydrogen-bond acceptors (Lipinski definition) is 3. The van der Waals surface area contributed by atoms with E-state index in [9.17, 15) is 0 Å². The number of rotatable bonds is 9. The second kappa shape index (κ2) is 8.99. The van der Waals surface area contributed by atoms with Crippen LogP contribution in [-0.2, 0) is 4.74 Å². The van der Waals surface area contributed by atoms with Crippen LogP contribution >= 0.6 is 0 Å². The van der Waals surface area contributed by atoms with Crippen molar-refractivity contribution in [3.63, 3.8) is 0 Å². The first-order valence-electron chi connectivity index (χ1n) is 7.30. The predicted molar refractivity (Wildman–Crippen MR) is 82.1 cm³/mol. The first-order chi connectivity index (χ1) is 8.98. The van der Waals surface area contributed by atoms with E-state index in [1.54, 1.807) is 0 Å². The summed E-state index contributed by atoms with van der Waals surface area (Å²) in [6.45, 7) is 12.8. The number of nitrogens with two attached hydrogens (primary N) is 1. The summed E-state index contributed by atoms with van der Waals surface area (Å²) in [4.78, 5) is 0. The second-order valence-electron chi connectivity index (χ2n) is 4.89. The maximum Gasteiger partial charge on any atom is 0.244 e. The SMILES string of the molecule is C/C=C/[N+](C)(CC)/C(NCC)=C(\C)OC(CC)CN. The fourth-order valence-electron chi connectivity index (χ4n) is 2.10. The van der Waals surface area contributed by atoms with E-state index >= 15 is 0 Å². The zero-order valence-electron chi connectivity index (χ0n) is 13.5. The minimum atomic E-state index is 0.0876. The molecule has 0 amide bonds. The normalized spacial score (nSPS) is 17.8. The number of nitrogens with zero attached hydrogens (tertiary/aromatic N) is 1. The summed E-state index contributed by atoms with van der Waals surface area (Å²) < 4.78 is 6.71. The molecule has 0 saturated carbocycles. The Labute approximate surface area is 118 Å². The summed E-state index contributed by atoms with van der Waals surface area (Å²) in [6.07, 6.45) is 5.26. The monoisotopic (exact) mass is 270 g/mol. The third kappa shape index (κ3) is 5.25. The Hall–Kier alpha value is -1.00. The van der Waals surface area contributed by atoms with Gasteiger partial charge in [0.1, 0.15) is 6.10 Å². The van der Waals surface area contributed by atoms with Crippen molar-refractivity contribution in [3.05, 3.63) is 23.9 Å². The third-order valence-corrected chi connectivity index (χ3v) is 3.39. The molecule has 0 aromatic carbocycles. The molecule has 19 heavy (non-hydrogen) atoms. The zero-order valence-corrected chi connectivity index (χ0v) is 13.5. The molecule has 2 unspecified atom stereocenters. The topological polar surface area (TPSA) is 47.3 Å². The molecule has 0 bridgehead atoms. The molecule has 0 heterocycles. The molecule has 0 saturated heterocycles. The van der Waals surface area contributed by atoms with Crippen molar-refractivity contribution in [1.82, 2.24) is 5.32 Å². The highest BCUT2D eigenvalue weighted by Crippen LogP contribution is 2.19. The molecule has 0 aromatic heterocycles. The van der Waals surface area contributed by atoms with Gasteiger partial charge in [0, 0.05) is 20.0 Å². The summed E-state index contributed by atoms with van der Waals surface area (Å²) in [5, 5.41) is 3.45. The minimum absolute atomic E-state index is 0.0876. The Balaban J connectivity index is 5.35. The van der Waals surface area contributed by atoms with E-state index in [-0.39, 0.29) is 6.10 Å². The van der Waals surface area contributed by atoms with Crippen molar-refractivity contribution in [2.24, 2.45) is 5.73 Å². The Morgan fingerprint density at radius 3 is 2.37 bits per heavy atom. The summed E-state index contributed by atoms with van der Waals surface area (Å²) >= 11 is 0. The summed E-state index contributed by atoms with van der Waals surface area (Å²) in [6, 6.07) is 0. The Kier molecular flexibility index (Phi) is 8.52. The first kappa shape index (κ1) is 18.0. The van der Waals surface area contributed by atoms with Crippen molar-refractivity contribution < 1.29 is 9.22 Å². The van der Waals surface area contributed by atoms with Crippen LogP contribution in [0.15, 0.2) is 23.9 Å². The number of allylic oxidation sites excluding steroid dienone is 2. The molecule has 2 atom stereocenters. The van der Waals surface area contributed by atoms with Crippen LogP contribution in [0.1, 0.15) is 41.0 Å². The van der Waals surface area contributed by atoms with E-state index in [4.69, 9.17) is 10.5 Å². The summed E-state index contributed by atoms with van der Waals surface area (Å²) in [7, 11) is 2.17. The average Bonchev–Trinajstić information content (AvgIpc) is 2.41. The lowest BCUT2D eigenvalue weighted by Gasteiger charge is -2.32. The van der Waals surface area contributed by atoms with Gasteiger partial charge in [-0.25, -0.2) is 0 Å². The summed E-state index contributed by atoms with van der Waals surface area (Å²) in [5.74, 6) is 2.04. The fourth-order valence-corrected chi connectivity index (χ4v) is 2.10. The average molecular weight is 270 g/mol. The van der Waals surface area contributed by atoms with Crippen molar-refractivity contribution in [2.75, 3.05) is 26.7 Å². The number of nitrogens with one attached hydrogen (secondary N) is 1. The predicted octanol–water partition coefficient (Wildman–Crippen LogP) is 2.54. The first-order valence-corrected chi connectivity index (χ1v) is 7.30. The molecule has 0 spiro atoms. The van der Waals surface area contributed by atoms with Crippen molar-refractivity contribution in [2.45, 2.75) is 47.1 Å². The Morgan fingerprint density at radius 1 is 1.37 bits per heavy atom. The molecule has 0 aliphatic heterocycles. The van der Waals surface area contributed by atoms with Crippen LogP contribution in [0.2, 0.25) is 0 Å². The molecule has 0 radical (unpaired) electrons. The van der Waals surface area contributed by atoms with Gasteiger partial charge in [-0.05, 0) is 33.3 Å². The van der Waals surface area contributed by atoms with E-state index in [2.05, 4.69) is 45.4 Å². The smallest absolute Gasteiger partial charge is 0.244 e. The van der Waals surface area contributed by atoms with Gasteiger partial charge in [-0.1, -0.05) is 6.92 Å². The van der Waals surface area contributed by atoms with Gasteiger partial charge in [-0.2, -0.15) is 0 Å². The van der Waals surface area contributed by atoms with Crippen LogP contribution in [0, 0.1) is 0 Å². The fraction of sp³-hybridized carbons (Fsp3) is 0.733. The van der Waals surface area contributed by atoms with E-state index < -0.39 is 0 Å². The number of hydrogen-bond donors (Lipinski definition) is 2. The van der Waals surface area contributed by atoms with Gasteiger partial charge in [0.05, 0.1) is 19.8 Å². The van der Waals surface area contributed by atoms with Crippen LogP contribution < -0.4 is 11.1 Å². The molecule has 3 N–H and O–H groups in total. The van der Waals surface area contributed by atoms with E-state index in [1.807, 2.05) is 13.8 Å². The van der Waals surface area contributed by atoms with Gasteiger partial charge < -0.3 is 15.8 Å².